The maximum Gasteiger partial charge on any atom is 0.118 e. The van der Waals surface area contributed by atoms with Crippen LogP contribution in [-0.4, -0.2) is 30.2 Å². The highest BCUT2D eigenvalue weighted by Crippen LogP contribution is 2.52. The van der Waals surface area contributed by atoms with Crippen LogP contribution >= 0.6 is 0 Å². The lowest BCUT2D eigenvalue weighted by molar-refractivity contribution is -0.942. The monoisotopic (exact) mass is 262 g/mol. The Morgan fingerprint density at radius 2 is 2.00 bits per heavy atom. The van der Waals surface area contributed by atoms with Crippen molar-refractivity contribution in [2.24, 2.45) is 5.92 Å². The number of hydrogen-bond acceptors (Lipinski definition) is 0. The molecular formula is C18H32N+. The first-order valence-electron chi connectivity index (χ1n) is 8.65. The Kier molecular flexibility index (Phi) is 3.53. The van der Waals surface area contributed by atoms with Crippen molar-refractivity contribution < 1.29 is 4.48 Å². The van der Waals surface area contributed by atoms with E-state index in [2.05, 4.69) is 20.9 Å². The van der Waals surface area contributed by atoms with Crippen LogP contribution < -0.4 is 0 Å². The summed E-state index contributed by atoms with van der Waals surface area (Å²) in [6, 6.07) is 0. The third-order valence-electron chi connectivity index (χ3n) is 6.64. The number of likely N-dealkylation sites (N-methyl/N-ethyl adjacent to an activating group) is 1. The lowest BCUT2D eigenvalue weighted by atomic mass is 9.73. The minimum absolute atomic E-state index is 0.506. The van der Waals surface area contributed by atoms with Gasteiger partial charge in [0.05, 0.1) is 20.1 Å². The summed E-state index contributed by atoms with van der Waals surface area (Å²) in [5.41, 5.74) is 4.29. The van der Waals surface area contributed by atoms with Crippen LogP contribution in [-0.2, 0) is 0 Å². The molecule has 0 unspecified atom stereocenters. The second-order valence-corrected chi connectivity index (χ2v) is 7.83. The minimum Gasteiger partial charge on any atom is -0.317 e. The Morgan fingerprint density at radius 1 is 1.21 bits per heavy atom. The molecule has 0 amide bonds. The normalized spacial score (nSPS) is 42.2. The van der Waals surface area contributed by atoms with Gasteiger partial charge in [-0.1, -0.05) is 25.3 Å². The van der Waals surface area contributed by atoms with Crippen molar-refractivity contribution in [2.45, 2.75) is 77.2 Å². The molecule has 0 spiro atoms. The van der Waals surface area contributed by atoms with Gasteiger partial charge in [-0.3, -0.25) is 0 Å². The molecular weight excluding hydrogens is 230 g/mol. The maximum atomic E-state index is 2.61. The predicted molar refractivity (Wildman–Crippen MR) is 82.1 cm³/mol. The SMILES string of the molecule is CCCC[C@@H]1C[C@]2(C)C3=C(CCCC3)CC[N@@+]2(C)C1. The molecule has 1 nitrogen and oxygen atoms in total. The van der Waals surface area contributed by atoms with Crippen molar-refractivity contribution in [2.75, 3.05) is 20.1 Å². The summed E-state index contributed by atoms with van der Waals surface area (Å²) in [6.45, 7) is 7.81. The molecule has 0 bridgehead atoms. The van der Waals surface area contributed by atoms with Gasteiger partial charge in [0.1, 0.15) is 5.54 Å². The van der Waals surface area contributed by atoms with Crippen molar-refractivity contribution in [3.05, 3.63) is 11.1 Å². The zero-order chi connectivity index (χ0) is 13.5. The van der Waals surface area contributed by atoms with E-state index < -0.39 is 0 Å². The van der Waals surface area contributed by atoms with E-state index in [0.29, 0.717) is 5.54 Å². The first kappa shape index (κ1) is 13.7. The summed E-state index contributed by atoms with van der Waals surface area (Å²) in [7, 11) is 2.56. The van der Waals surface area contributed by atoms with Crippen molar-refractivity contribution in [3.63, 3.8) is 0 Å². The largest absolute Gasteiger partial charge is 0.317 e. The van der Waals surface area contributed by atoms with Gasteiger partial charge in [-0.25, -0.2) is 0 Å². The highest BCUT2D eigenvalue weighted by Gasteiger charge is 2.56. The van der Waals surface area contributed by atoms with Crippen molar-refractivity contribution in [1.29, 1.82) is 0 Å². The number of fused-ring (bicyclic) bond motifs is 2. The smallest absolute Gasteiger partial charge is 0.118 e. The molecule has 0 aromatic rings. The zero-order valence-corrected chi connectivity index (χ0v) is 13.3. The summed E-state index contributed by atoms with van der Waals surface area (Å²) >= 11 is 0. The van der Waals surface area contributed by atoms with Gasteiger partial charge in [-0.2, -0.15) is 0 Å². The molecule has 3 aliphatic rings. The molecule has 1 saturated heterocycles. The third-order valence-corrected chi connectivity index (χ3v) is 6.64. The molecule has 3 rings (SSSR count). The summed E-state index contributed by atoms with van der Waals surface area (Å²) < 4.78 is 1.36. The van der Waals surface area contributed by atoms with E-state index in [1.54, 1.807) is 0 Å². The van der Waals surface area contributed by atoms with E-state index in [1.165, 1.54) is 75.4 Å². The van der Waals surface area contributed by atoms with Crippen LogP contribution in [0.3, 0.4) is 0 Å². The average Bonchev–Trinajstić information content (AvgIpc) is 2.69. The number of nitrogens with zero attached hydrogens (tertiary/aromatic N) is 1. The molecule has 1 heteroatoms. The lowest BCUT2D eigenvalue weighted by Crippen LogP contribution is -2.60. The maximum absolute atomic E-state index is 2.61. The number of unbranched alkanes of at least 4 members (excludes halogenated alkanes) is 1. The Hall–Kier alpha value is -0.300. The Bertz CT molecular complexity index is 383. The predicted octanol–water partition coefficient (Wildman–Crippen LogP) is 4.68. The molecule has 19 heavy (non-hydrogen) atoms. The first-order chi connectivity index (χ1) is 9.09. The fourth-order valence-corrected chi connectivity index (χ4v) is 5.37. The van der Waals surface area contributed by atoms with Gasteiger partial charge in [-0.05, 0) is 44.6 Å². The summed E-state index contributed by atoms with van der Waals surface area (Å²) in [5.74, 6) is 0.990. The summed E-state index contributed by atoms with van der Waals surface area (Å²) in [6.07, 6.45) is 12.9. The Balaban J connectivity index is 1.86. The van der Waals surface area contributed by atoms with Crippen LogP contribution in [0.25, 0.3) is 0 Å². The quantitative estimate of drug-likeness (QED) is 0.512. The van der Waals surface area contributed by atoms with Crippen LogP contribution in [0.4, 0.5) is 0 Å². The highest BCUT2D eigenvalue weighted by molar-refractivity contribution is 5.29. The molecule has 3 atom stereocenters. The van der Waals surface area contributed by atoms with Crippen molar-refractivity contribution in [3.8, 4) is 0 Å². The lowest BCUT2D eigenvalue weighted by Gasteiger charge is -2.51. The Morgan fingerprint density at radius 3 is 2.79 bits per heavy atom. The molecule has 2 heterocycles. The molecule has 0 saturated carbocycles. The Labute approximate surface area is 119 Å². The number of rotatable bonds is 3. The van der Waals surface area contributed by atoms with Crippen LogP contribution in [0.15, 0.2) is 11.1 Å². The van der Waals surface area contributed by atoms with E-state index in [1.807, 2.05) is 11.1 Å². The second-order valence-electron chi connectivity index (χ2n) is 7.83. The fourth-order valence-electron chi connectivity index (χ4n) is 5.37. The van der Waals surface area contributed by atoms with Gasteiger partial charge < -0.3 is 4.48 Å². The zero-order valence-electron chi connectivity index (χ0n) is 13.3. The number of quaternary nitrogens is 1. The van der Waals surface area contributed by atoms with Gasteiger partial charge in [0.25, 0.3) is 0 Å². The average molecular weight is 262 g/mol. The van der Waals surface area contributed by atoms with E-state index in [0.717, 1.165) is 5.92 Å². The number of hydrogen-bond donors (Lipinski definition) is 0. The molecule has 1 fully saturated rings. The second kappa shape index (κ2) is 4.91. The van der Waals surface area contributed by atoms with Gasteiger partial charge in [0.2, 0.25) is 0 Å². The van der Waals surface area contributed by atoms with Gasteiger partial charge in [0.15, 0.2) is 0 Å². The molecule has 0 aromatic heterocycles. The molecule has 108 valence electrons. The summed E-state index contributed by atoms with van der Waals surface area (Å²) in [4.78, 5) is 0. The topological polar surface area (TPSA) is 0 Å². The molecule has 0 aromatic carbocycles. The van der Waals surface area contributed by atoms with E-state index in [4.69, 9.17) is 0 Å². The molecule has 1 aliphatic carbocycles. The van der Waals surface area contributed by atoms with Crippen LogP contribution in [0, 0.1) is 5.92 Å². The van der Waals surface area contributed by atoms with Gasteiger partial charge >= 0.3 is 0 Å². The molecule has 0 N–H and O–H groups in total. The van der Waals surface area contributed by atoms with E-state index in [-0.39, 0.29) is 0 Å². The fraction of sp³-hybridized carbons (Fsp3) is 0.889. The highest BCUT2D eigenvalue weighted by atomic mass is 15.4. The van der Waals surface area contributed by atoms with Crippen LogP contribution in [0.5, 0.6) is 0 Å². The van der Waals surface area contributed by atoms with Crippen molar-refractivity contribution in [1.82, 2.24) is 0 Å². The first-order valence-corrected chi connectivity index (χ1v) is 8.65. The standard InChI is InChI=1S/C18H32N/c1-4-5-8-15-13-18(2)17-10-7-6-9-16(17)11-12-19(18,3)14-15/h15H,4-14H2,1-3H3/q+1/t15-,18-,19+/m1/s1. The molecule has 0 radical (unpaired) electrons. The van der Waals surface area contributed by atoms with Crippen LogP contribution in [0.1, 0.15) is 71.6 Å². The van der Waals surface area contributed by atoms with E-state index in [9.17, 15) is 0 Å². The third kappa shape index (κ3) is 2.09. The molecule has 2 aliphatic heterocycles. The van der Waals surface area contributed by atoms with Crippen LogP contribution in [0.2, 0.25) is 0 Å². The van der Waals surface area contributed by atoms with Gasteiger partial charge in [-0.15, -0.1) is 0 Å². The summed E-state index contributed by atoms with van der Waals surface area (Å²) in [5, 5.41) is 0. The van der Waals surface area contributed by atoms with E-state index >= 15 is 0 Å². The van der Waals surface area contributed by atoms with Crippen molar-refractivity contribution >= 4 is 0 Å². The van der Waals surface area contributed by atoms with Gasteiger partial charge in [0, 0.05) is 18.8 Å². The minimum atomic E-state index is 0.506.